The number of ether oxygens (including phenoxy) is 2. The highest BCUT2D eigenvalue weighted by Crippen LogP contribution is 2.07. The number of hydrogen-bond acceptors (Lipinski definition) is 4. The first kappa shape index (κ1) is 8.04. The van der Waals surface area contributed by atoms with Gasteiger partial charge in [-0.3, -0.25) is 0 Å². The Morgan fingerprint density at radius 2 is 2.64 bits per heavy atom. The minimum absolute atomic E-state index is 0.326. The van der Waals surface area contributed by atoms with E-state index in [1.54, 1.807) is 0 Å². The normalized spacial score (nSPS) is 22.4. The van der Waals surface area contributed by atoms with Crippen LogP contribution < -0.4 is 0 Å². The molecule has 0 amide bonds. The van der Waals surface area contributed by atoms with Crippen LogP contribution in [0.2, 0.25) is 0 Å². The summed E-state index contributed by atoms with van der Waals surface area (Å²) in [4.78, 5) is 14.9. The zero-order valence-electron chi connectivity index (χ0n) is 6.66. The van der Waals surface area contributed by atoms with Gasteiger partial charge in [-0.2, -0.15) is 0 Å². The maximum atomic E-state index is 10.9. The van der Waals surface area contributed by atoms with E-state index in [1.807, 2.05) is 6.92 Å². The van der Waals surface area contributed by atoms with Crippen molar-refractivity contribution in [3.05, 3.63) is 0 Å². The fourth-order valence-corrected chi connectivity index (χ4v) is 0.874. The Kier molecular flexibility index (Phi) is 2.46. The van der Waals surface area contributed by atoms with Crippen LogP contribution in [-0.4, -0.2) is 31.6 Å². The quantitative estimate of drug-likeness (QED) is 0.544. The van der Waals surface area contributed by atoms with Gasteiger partial charge in [0.25, 0.3) is 0 Å². The number of methoxy groups -OCH3 is 1. The zero-order chi connectivity index (χ0) is 8.27. The minimum atomic E-state index is -0.435. The third-order valence-electron chi connectivity index (χ3n) is 1.48. The highest BCUT2D eigenvalue weighted by molar-refractivity contribution is 5.85. The van der Waals surface area contributed by atoms with Crippen LogP contribution in [0.1, 0.15) is 13.3 Å². The second-order valence-electron chi connectivity index (χ2n) is 2.23. The standard InChI is InChI=1S/C7H11NO3/c1-3-6-8-5(4-11-6)7(9)10-2/h5H,3-4H2,1-2H3/t5-/m0/s1. The van der Waals surface area contributed by atoms with Crippen LogP contribution >= 0.6 is 0 Å². The molecule has 11 heavy (non-hydrogen) atoms. The average Bonchev–Trinajstić information content (AvgIpc) is 2.50. The van der Waals surface area contributed by atoms with Crippen LogP contribution in [0.5, 0.6) is 0 Å². The highest BCUT2D eigenvalue weighted by atomic mass is 16.5. The van der Waals surface area contributed by atoms with Gasteiger partial charge in [-0.15, -0.1) is 0 Å². The van der Waals surface area contributed by atoms with Crippen molar-refractivity contribution in [3.63, 3.8) is 0 Å². The van der Waals surface area contributed by atoms with Crippen LogP contribution in [-0.2, 0) is 14.3 Å². The van der Waals surface area contributed by atoms with E-state index < -0.39 is 6.04 Å². The first-order valence-corrected chi connectivity index (χ1v) is 3.55. The van der Waals surface area contributed by atoms with Gasteiger partial charge in [0.1, 0.15) is 6.61 Å². The molecule has 0 saturated carbocycles. The molecule has 0 aliphatic carbocycles. The van der Waals surface area contributed by atoms with Gasteiger partial charge < -0.3 is 9.47 Å². The first-order valence-electron chi connectivity index (χ1n) is 3.55. The summed E-state index contributed by atoms with van der Waals surface area (Å²) in [5.74, 6) is 0.314. The molecule has 4 heteroatoms. The van der Waals surface area contributed by atoms with Crippen molar-refractivity contribution >= 4 is 11.9 Å². The smallest absolute Gasteiger partial charge is 0.334 e. The predicted molar refractivity (Wildman–Crippen MR) is 39.5 cm³/mol. The molecule has 1 aliphatic heterocycles. The maximum absolute atomic E-state index is 10.9. The third-order valence-corrected chi connectivity index (χ3v) is 1.48. The van der Waals surface area contributed by atoms with Gasteiger partial charge in [-0.05, 0) is 0 Å². The largest absolute Gasteiger partial charge is 0.478 e. The van der Waals surface area contributed by atoms with Crippen molar-refractivity contribution in [3.8, 4) is 0 Å². The molecule has 1 rings (SSSR count). The molecule has 1 heterocycles. The number of nitrogens with zero attached hydrogens (tertiary/aromatic N) is 1. The molecule has 0 aromatic rings. The maximum Gasteiger partial charge on any atom is 0.334 e. The Hall–Kier alpha value is -1.06. The van der Waals surface area contributed by atoms with Gasteiger partial charge in [0, 0.05) is 6.42 Å². The van der Waals surface area contributed by atoms with E-state index in [2.05, 4.69) is 9.73 Å². The van der Waals surface area contributed by atoms with E-state index >= 15 is 0 Å². The predicted octanol–water partition coefficient (Wildman–Crippen LogP) is 0.367. The van der Waals surface area contributed by atoms with Crippen molar-refractivity contribution in [2.45, 2.75) is 19.4 Å². The van der Waals surface area contributed by atoms with Gasteiger partial charge in [0.05, 0.1) is 7.11 Å². The summed E-state index contributed by atoms with van der Waals surface area (Å²) in [6.45, 7) is 2.26. The number of carbonyl (C=O) groups is 1. The second-order valence-corrected chi connectivity index (χ2v) is 2.23. The van der Waals surface area contributed by atoms with Crippen LogP contribution in [0.25, 0.3) is 0 Å². The lowest BCUT2D eigenvalue weighted by molar-refractivity contribution is -0.142. The van der Waals surface area contributed by atoms with Crippen molar-refractivity contribution < 1.29 is 14.3 Å². The first-order chi connectivity index (χ1) is 5.27. The Morgan fingerprint density at radius 3 is 3.09 bits per heavy atom. The van der Waals surface area contributed by atoms with Crippen LogP contribution in [0.4, 0.5) is 0 Å². The SMILES string of the molecule is CCC1=N[C@H](C(=O)OC)CO1. The summed E-state index contributed by atoms with van der Waals surface area (Å²) < 4.78 is 9.59. The van der Waals surface area contributed by atoms with E-state index in [0.29, 0.717) is 12.5 Å². The molecule has 0 N–H and O–H groups in total. The Morgan fingerprint density at radius 1 is 1.91 bits per heavy atom. The molecule has 1 atom stereocenters. The number of aliphatic imine (C=N–C) groups is 1. The molecule has 0 fully saturated rings. The lowest BCUT2D eigenvalue weighted by Gasteiger charge is -2.00. The van der Waals surface area contributed by atoms with Crippen molar-refractivity contribution in [1.29, 1.82) is 0 Å². The van der Waals surface area contributed by atoms with Crippen LogP contribution in [0, 0.1) is 0 Å². The topological polar surface area (TPSA) is 47.9 Å². The summed E-state index contributed by atoms with van der Waals surface area (Å²) >= 11 is 0. The molecule has 0 unspecified atom stereocenters. The number of esters is 1. The third kappa shape index (κ3) is 1.69. The molecule has 0 bridgehead atoms. The molecule has 0 spiro atoms. The van der Waals surface area contributed by atoms with E-state index in [4.69, 9.17) is 4.74 Å². The summed E-state index contributed by atoms with van der Waals surface area (Å²) in [5.41, 5.74) is 0. The molecule has 0 aromatic carbocycles. The average molecular weight is 157 g/mol. The lowest BCUT2D eigenvalue weighted by atomic mass is 10.3. The van der Waals surface area contributed by atoms with Gasteiger partial charge in [-0.1, -0.05) is 6.92 Å². The van der Waals surface area contributed by atoms with E-state index in [9.17, 15) is 4.79 Å². The fraction of sp³-hybridized carbons (Fsp3) is 0.714. The van der Waals surface area contributed by atoms with Gasteiger partial charge in [0.2, 0.25) is 0 Å². The van der Waals surface area contributed by atoms with Gasteiger partial charge in [-0.25, -0.2) is 9.79 Å². The second kappa shape index (κ2) is 3.37. The summed E-state index contributed by atoms with van der Waals surface area (Å²) in [5, 5.41) is 0. The summed E-state index contributed by atoms with van der Waals surface area (Å²) in [6, 6.07) is -0.435. The zero-order valence-corrected chi connectivity index (χ0v) is 6.66. The van der Waals surface area contributed by atoms with E-state index in [-0.39, 0.29) is 5.97 Å². The molecule has 4 nitrogen and oxygen atoms in total. The lowest BCUT2D eigenvalue weighted by Crippen LogP contribution is -2.21. The Labute approximate surface area is 65.2 Å². The molecular formula is C7H11NO3. The van der Waals surface area contributed by atoms with Crippen LogP contribution in [0.15, 0.2) is 4.99 Å². The molecule has 1 aliphatic rings. The number of rotatable bonds is 2. The van der Waals surface area contributed by atoms with Crippen molar-refractivity contribution in [1.82, 2.24) is 0 Å². The van der Waals surface area contributed by atoms with Gasteiger partial charge in [0.15, 0.2) is 11.9 Å². The number of carbonyl (C=O) groups excluding carboxylic acids is 1. The van der Waals surface area contributed by atoms with Gasteiger partial charge >= 0.3 is 5.97 Å². The molecule has 0 saturated heterocycles. The minimum Gasteiger partial charge on any atom is -0.478 e. The molecular weight excluding hydrogens is 146 g/mol. The van der Waals surface area contributed by atoms with E-state index in [1.165, 1.54) is 7.11 Å². The Bertz CT molecular complexity index is 188. The molecule has 0 radical (unpaired) electrons. The van der Waals surface area contributed by atoms with Crippen molar-refractivity contribution in [2.24, 2.45) is 4.99 Å². The molecule has 62 valence electrons. The molecule has 0 aromatic heterocycles. The summed E-state index contributed by atoms with van der Waals surface area (Å²) in [6.07, 6.45) is 0.730. The van der Waals surface area contributed by atoms with Crippen LogP contribution in [0.3, 0.4) is 0 Å². The monoisotopic (exact) mass is 157 g/mol. The Balaban J connectivity index is 2.52. The highest BCUT2D eigenvalue weighted by Gasteiger charge is 2.25. The fourth-order valence-electron chi connectivity index (χ4n) is 0.874. The number of hydrogen-bond donors (Lipinski definition) is 0. The summed E-state index contributed by atoms with van der Waals surface area (Å²) in [7, 11) is 1.35. The van der Waals surface area contributed by atoms with E-state index in [0.717, 1.165) is 6.42 Å². The van der Waals surface area contributed by atoms with Crippen molar-refractivity contribution in [2.75, 3.05) is 13.7 Å².